The Labute approximate surface area is 112 Å². The van der Waals surface area contributed by atoms with Crippen molar-refractivity contribution in [3.8, 4) is 0 Å². The third-order valence-corrected chi connectivity index (χ3v) is 2.33. The summed E-state index contributed by atoms with van der Waals surface area (Å²) in [7, 11) is 1.64. The molecule has 3 N–H and O–H groups in total. The summed E-state index contributed by atoms with van der Waals surface area (Å²) in [4.78, 5) is 15.2. The fourth-order valence-corrected chi connectivity index (χ4v) is 1.39. The smallest absolute Gasteiger partial charge is 0.241 e. The number of hydrogen-bond donors (Lipinski definition) is 2. The lowest BCUT2D eigenvalue weighted by molar-refractivity contribution is -0.121. The predicted octanol–water partition coefficient (Wildman–Crippen LogP) is -0.580. The van der Waals surface area contributed by atoms with Crippen molar-refractivity contribution in [2.75, 3.05) is 39.2 Å². The molecule has 0 aliphatic rings. The zero-order valence-corrected chi connectivity index (χ0v) is 11.2. The van der Waals surface area contributed by atoms with Crippen molar-refractivity contribution in [1.29, 1.82) is 0 Å². The average Bonchev–Trinajstić information content (AvgIpc) is 2.78. The number of nitrogen functional groups attached to an aromatic ring is 1. The van der Waals surface area contributed by atoms with E-state index in [9.17, 15) is 4.79 Å². The second-order valence-corrected chi connectivity index (χ2v) is 3.96. The van der Waals surface area contributed by atoms with Crippen molar-refractivity contribution >= 4 is 11.9 Å². The van der Waals surface area contributed by atoms with Gasteiger partial charge in [0.2, 0.25) is 11.9 Å². The highest BCUT2D eigenvalue weighted by molar-refractivity contribution is 5.75. The van der Waals surface area contributed by atoms with Crippen LogP contribution in [0.5, 0.6) is 0 Å². The molecule has 0 saturated carbocycles. The fraction of sp³-hybridized carbons (Fsp3) is 0.727. The minimum atomic E-state index is -0.106. The highest BCUT2D eigenvalue weighted by Crippen LogP contribution is 1.91. The average molecular weight is 271 g/mol. The molecule has 0 bridgehead atoms. The molecule has 1 aromatic heterocycles. The van der Waals surface area contributed by atoms with Crippen LogP contribution in [0.25, 0.3) is 0 Å². The van der Waals surface area contributed by atoms with E-state index in [2.05, 4.69) is 15.4 Å². The van der Waals surface area contributed by atoms with Crippen molar-refractivity contribution in [3.05, 3.63) is 6.33 Å². The van der Waals surface area contributed by atoms with Gasteiger partial charge in [0, 0.05) is 20.3 Å². The summed E-state index contributed by atoms with van der Waals surface area (Å²) in [5.74, 6) is 0.0613. The second kappa shape index (κ2) is 9.29. The van der Waals surface area contributed by atoms with Crippen LogP contribution >= 0.6 is 0 Å². The maximum atomic E-state index is 11.5. The van der Waals surface area contributed by atoms with Crippen LogP contribution in [-0.4, -0.2) is 54.1 Å². The number of carbonyl (C=O) groups excluding carboxylic acids is 1. The third kappa shape index (κ3) is 7.37. The molecule has 0 unspecified atom stereocenters. The zero-order chi connectivity index (χ0) is 13.9. The van der Waals surface area contributed by atoms with Crippen LogP contribution in [-0.2, 0) is 20.8 Å². The number of aromatic nitrogens is 3. The molecule has 0 spiro atoms. The largest absolute Gasteiger partial charge is 0.382 e. The summed E-state index contributed by atoms with van der Waals surface area (Å²) in [6, 6.07) is 0. The molecule has 1 heterocycles. The number of amides is 1. The molecule has 19 heavy (non-hydrogen) atoms. The van der Waals surface area contributed by atoms with E-state index in [-0.39, 0.29) is 18.4 Å². The maximum absolute atomic E-state index is 11.5. The van der Waals surface area contributed by atoms with Crippen LogP contribution in [0.4, 0.5) is 5.95 Å². The number of nitrogens with two attached hydrogens (primary N) is 1. The van der Waals surface area contributed by atoms with Crippen LogP contribution in [0.3, 0.4) is 0 Å². The fourth-order valence-electron chi connectivity index (χ4n) is 1.39. The quantitative estimate of drug-likeness (QED) is 0.552. The van der Waals surface area contributed by atoms with Crippen molar-refractivity contribution in [2.24, 2.45) is 0 Å². The second-order valence-electron chi connectivity index (χ2n) is 3.96. The first-order valence-corrected chi connectivity index (χ1v) is 6.20. The molecule has 0 fully saturated rings. The van der Waals surface area contributed by atoms with Gasteiger partial charge in [-0.15, -0.1) is 5.10 Å². The highest BCUT2D eigenvalue weighted by atomic mass is 16.5. The third-order valence-electron chi connectivity index (χ3n) is 2.33. The Morgan fingerprint density at radius 2 is 2.26 bits per heavy atom. The Bertz CT molecular complexity index is 369. The van der Waals surface area contributed by atoms with E-state index in [1.54, 1.807) is 7.11 Å². The molecular weight excluding hydrogens is 250 g/mol. The number of methoxy groups -OCH3 is 1. The number of rotatable bonds is 10. The van der Waals surface area contributed by atoms with Gasteiger partial charge >= 0.3 is 0 Å². The number of nitrogens with zero attached hydrogens (tertiary/aromatic N) is 3. The lowest BCUT2D eigenvalue weighted by Crippen LogP contribution is -2.28. The molecular formula is C11H21N5O3. The predicted molar refractivity (Wildman–Crippen MR) is 69.4 cm³/mol. The highest BCUT2D eigenvalue weighted by Gasteiger charge is 2.03. The summed E-state index contributed by atoms with van der Waals surface area (Å²) in [5.41, 5.74) is 5.35. The summed E-state index contributed by atoms with van der Waals surface area (Å²) in [6.45, 7) is 2.65. The van der Waals surface area contributed by atoms with E-state index < -0.39 is 0 Å². The van der Waals surface area contributed by atoms with Crippen LogP contribution in [0.15, 0.2) is 6.33 Å². The lowest BCUT2D eigenvalue weighted by atomic mass is 10.3. The van der Waals surface area contributed by atoms with Crippen LogP contribution in [0.2, 0.25) is 0 Å². The van der Waals surface area contributed by atoms with E-state index in [1.165, 1.54) is 11.0 Å². The van der Waals surface area contributed by atoms with E-state index in [4.69, 9.17) is 15.2 Å². The summed E-state index contributed by atoms with van der Waals surface area (Å²) < 4.78 is 11.6. The Balaban J connectivity index is 1.96. The van der Waals surface area contributed by atoms with Gasteiger partial charge in [0.15, 0.2) is 0 Å². The van der Waals surface area contributed by atoms with Gasteiger partial charge in [0.05, 0.1) is 13.2 Å². The van der Waals surface area contributed by atoms with Crippen molar-refractivity contribution in [1.82, 2.24) is 20.1 Å². The maximum Gasteiger partial charge on any atom is 0.241 e. The van der Waals surface area contributed by atoms with Gasteiger partial charge in [-0.25, -0.2) is 9.67 Å². The van der Waals surface area contributed by atoms with Gasteiger partial charge in [0.25, 0.3) is 0 Å². The molecule has 0 atom stereocenters. The monoisotopic (exact) mass is 271 g/mol. The Kier molecular flexibility index (Phi) is 7.52. The molecule has 1 rings (SSSR count). The van der Waals surface area contributed by atoms with Gasteiger partial charge in [-0.1, -0.05) is 0 Å². The van der Waals surface area contributed by atoms with Crippen molar-refractivity contribution in [3.63, 3.8) is 0 Å². The number of anilines is 1. The number of ether oxygens (including phenoxy) is 2. The minimum Gasteiger partial charge on any atom is -0.382 e. The molecule has 108 valence electrons. The van der Waals surface area contributed by atoms with Gasteiger partial charge < -0.3 is 20.5 Å². The Morgan fingerprint density at radius 1 is 1.42 bits per heavy atom. The first-order chi connectivity index (χ1) is 9.22. The molecule has 8 nitrogen and oxygen atoms in total. The summed E-state index contributed by atoms with van der Waals surface area (Å²) in [5, 5.41) is 6.62. The van der Waals surface area contributed by atoms with Crippen molar-refractivity contribution < 1.29 is 14.3 Å². The molecule has 1 amide bonds. The van der Waals surface area contributed by atoms with Crippen LogP contribution in [0, 0.1) is 0 Å². The topological polar surface area (TPSA) is 104 Å². The molecule has 0 aliphatic heterocycles. The molecule has 0 saturated heterocycles. The van der Waals surface area contributed by atoms with Gasteiger partial charge in [-0.2, -0.15) is 0 Å². The minimum absolute atomic E-state index is 0.106. The lowest BCUT2D eigenvalue weighted by Gasteiger charge is -2.05. The number of hydrogen-bond acceptors (Lipinski definition) is 6. The number of unbranched alkanes of at least 4 members (excludes halogenated alkanes) is 1. The van der Waals surface area contributed by atoms with E-state index in [1.807, 2.05) is 0 Å². The first kappa shape index (κ1) is 15.4. The van der Waals surface area contributed by atoms with Crippen molar-refractivity contribution in [2.45, 2.75) is 19.4 Å². The van der Waals surface area contributed by atoms with E-state index in [0.29, 0.717) is 26.4 Å². The van der Waals surface area contributed by atoms with Crippen LogP contribution in [0.1, 0.15) is 12.8 Å². The van der Waals surface area contributed by atoms with Gasteiger partial charge in [-0.05, 0) is 12.8 Å². The molecule has 0 aromatic carbocycles. The standard InChI is InChI=1S/C11H21N5O3/c1-18-6-7-19-5-3-2-4-13-10(17)8-16-9-14-11(12)15-16/h9H,2-8H2,1H3,(H2,12,15)(H,13,17). The number of carbonyl (C=O) groups is 1. The van der Waals surface area contributed by atoms with E-state index >= 15 is 0 Å². The normalized spacial score (nSPS) is 10.6. The summed E-state index contributed by atoms with van der Waals surface area (Å²) in [6.07, 6.45) is 3.21. The first-order valence-electron chi connectivity index (χ1n) is 6.20. The van der Waals surface area contributed by atoms with E-state index in [0.717, 1.165) is 12.8 Å². The zero-order valence-electron chi connectivity index (χ0n) is 11.2. The Morgan fingerprint density at radius 3 is 2.95 bits per heavy atom. The molecule has 0 aliphatic carbocycles. The molecule has 1 aromatic rings. The molecule has 8 heteroatoms. The van der Waals surface area contributed by atoms with Crippen LogP contribution < -0.4 is 11.1 Å². The molecule has 0 radical (unpaired) electrons. The Hall–Kier alpha value is -1.67. The number of nitrogens with one attached hydrogen (secondary N) is 1. The SMILES string of the molecule is COCCOCCCCNC(=O)Cn1cnc(N)n1. The van der Waals surface area contributed by atoms with Gasteiger partial charge in [0.1, 0.15) is 12.9 Å². The summed E-state index contributed by atoms with van der Waals surface area (Å²) >= 11 is 0. The van der Waals surface area contributed by atoms with Gasteiger partial charge in [-0.3, -0.25) is 4.79 Å².